The van der Waals surface area contributed by atoms with Crippen molar-refractivity contribution in [1.82, 2.24) is 4.90 Å². The van der Waals surface area contributed by atoms with Crippen molar-refractivity contribution in [1.29, 1.82) is 0 Å². The maximum atomic E-state index is 13.1. The molecule has 1 atom stereocenters. The predicted molar refractivity (Wildman–Crippen MR) is 134 cm³/mol. The third kappa shape index (κ3) is 5.16. The fourth-order valence-corrected chi connectivity index (χ4v) is 5.72. The Morgan fingerprint density at radius 2 is 1.74 bits per heavy atom. The Bertz CT molecular complexity index is 1250. The molecule has 0 bridgehead atoms. The fraction of sp³-hybridized carbons (Fsp3) is 0.385. The molecule has 0 spiro atoms. The van der Waals surface area contributed by atoms with Gasteiger partial charge in [0.1, 0.15) is 9.92 Å². The summed E-state index contributed by atoms with van der Waals surface area (Å²) in [6, 6.07) is 8.24. The lowest BCUT2D eigenvalue weighted by Gasteiger charge is -2.17. The van der Waals surface area contributed by atoms with E-state index in [0.29, 0.717) is 19.4 Å². The van der Waals surface area contributed by atoms with Gasteiger partial charge in [-0.25, -0.2) is 14.1 Å². The quantitative estimate of drug-likeness (QED) is 0.614. The number of terminal acetylenes is 1. The van der Waals surface area contributed by atoms with Crippen molar-refractivity contribution in [2.45, 2.75) is 62.8 Å². The number of aryl methyl sites for hydroxylation is 2. The normalized spacial score (nSPS) is 15.6. The highest BCUT2D eigenvalue weighted by molar-refractivity contribution is 7.91. The second kappa shape index (κ2) is 10.00. The third-order valence-electron chi connectivity index (χ3n) is 6.51. The van der Waals surface area contributed by atoms with Crippen molar-refractivity contribution < 1.29 is 13.8 Å². The zero-order valence-electron chi connectivity index (χ0n) is 19.4. The molecule has 178 valence electrons. The predicted octanol–water partition coefficient (Wildman–Crippen LogP) is 3.97. The maximum Gasteiger partial charge on any atom is 0.354 e. The molecule has 0 saturated heterocycles. The van der Waals surface area contributed by atoms with E-state index in [9.17, 15) is 13.8 Å². The topological polar surface area (TPSA) is 105 Å². The first-order valence-electron chi connectivity index (χ1n) is 11.6. The molecular formula is C26H30N4O3S. The Kier molecular flexibility index (Phi) is 7.05. The first-order valence-corrected chi connectivity index (χ1v) is 13.1. The number of nitrogens with one attached hydrogen (secondary N) is 1. The molecule has 0 fully saturated rings. The van der Waals surface area contributed by atoms with Crippen LogP contribution in [0.15, 0.2) is 39.6 Å². The molecule has 0 radical (unpaired) electrons. The van der Waals surface area contributed by atoms with Crippen molar-refractivity contribution in [2.24, 2.45) is 9.50 Å². The molecule has 7 nitrogen and oxygen atoms in total. The minimum Gasteiger partial charge on any atom is -0.341 e. The lowest BCUT2D eigenvalue weighted by Crippen LogP contribution is -2.25. The maximum absolute atomic E-state index is 13.1. The van der Waals surface area contributed by atoms with Gasteiger partial charge in [-0.3, -0.25) is 4.79 Å². The summed E-state index contributed by atoms with van der Waals surface area (Å²) in [5.41, 5.74) is 6.64. The van der Waals surface area contributed by atoms with Gasteiger partial charge in [0.15, 0.2) is 0 Å². The first-order chi connectivity index (χ1) is 16.3. The van der Waals surface area contributed by atoms with Crippen LogP contribution in [-0.2, 0) is 46.9 Å². The Morgan fingerprint density at radius 3 is 2.32 bits per heavy atom. The Morgan fingerprint density at radius 1 is 1.12 bits per heavy atom. The molecule has 3 N–H and O–H groups in total. The molecule has 0 aliphatic heterocycles. The van der Waals surface area contributed by atoms with Crippen LogP contribution < -0.4 is 10.5 Å². The Hall–Kier alpha value is -3.15. The lowest BCUT2D eigenvalue weighted by atomic mass is 9.99. The average molecular weight is 479 g/mol. The number of carbonyl (C=O) groups is 2. The van der Waals surface area contributed by atoms with Gasteiger partial charge in [0.25, 0.3) is 0 Å². The largest absolute Gasteiger partial charge is 0.354 e. The molecule has 34 heavy (non-hydrogen) atoms. The van der Waals surface area contributed by atoms with Gasteiger partial charge in [0.05, 0.1) is 4.90 Å². The van der Waals surface area contributed by atoms with Crippen molar-refractivity contribution in [2.75, 3.05) is 12.4 Å². The molecule has 2 aromatic rings. The Balaban J connectivity index is 1.49. The summed E-state index contributed by atoms with van der Waals surface area (Å²) >= 11 is 0. The number of amides is 3. The molecular weight excluding hydrogens is 448 g/mol. The van der Waals surface area contributed by atoms with E-state index in [-0.39, 0.29) is 10.8 Å². The summed E-state index contributed by atoms with van der Waals surface area (Å²) in [6.07, 6.45) is 12.0. The van der Waals surface area contributed by atoms with Crippen molar-refractivity contribution in [3.63, 3.8) is 0 Å². The summed E-state index contributed by atoms with van der Waals surface area (Å²) in [5.74, 6) is 2.41. The highest BCUT2D eigenvalue weighted by Gasteiger charge is 2.25. The number of benzene rings is 2. The van der Waals surface area contributed by atoms with E-state index in [0.717, 1.165) is 49.8 Å². The van der Waals surface area contributed by atoms with E-state index < -0.39 is 15.9 Å². The molecule has 0 aromatic heterocycles. The summed E-state index contributed by atoms with van der Waals surface area (Å²) in [5, 5.41) is 8.90. The van der Waals surface area contributed by atoms with E-state index in [2.05, 4.69) is 21.7 Å². The molecule has 1 unspecified atom stereocenters. The van der Waals surface area contributed by atoms with E-state index >= 15 is 0 Å². The van der Waals surface area contributed by atoms with E-state index in [1.54, 1.807) is 36.2 Å². The van der Waals surface area contributed by atoms with Gasteiger partial charge in [0, 0.05) is 32.1 Å². The number of nitrogens with zero attached hydrogens (tertiary/aromatic N) is 2. The molecule has 3 amide bonds. The van der Waals surface area contributed by atoms with Crippen molar-refractivity contribution >= 4 is 27.5 Å². The highest BCUT2D eigenvalue weighted by Crippen LogP contribution is 2.38. The van der Waals surface area contributed by atoms with Crippen molar-refractivity contribution in [3.05, 3.63) is 58.1 Å². The SMILES string of the molecule is C#CCCC(=O)N(C)Cc1ccc(S(N)(=O)=NC(=O)Nc2c3c(cc4c2CCC4)CCC3)cc1. The number of urea groups is 1. The zero-order chi connectivity index (χ0) is 24.3. The van der Waals surface area contributed by atoms with Gasteiger partial charge in [-0.05, 0) is 78.5 Å². The molecule has 8 heteroatoms. The van der Waals surface area contributed by atoms with Gasteiger partial charge < -0.3 is 10.2 Å². The molecule has 0 heterocycles. The van der Waals surface area contributed by atoms with E-state index in [1.807, 2.05) is 0 Å². The summed E-state index contributed by atoms with van der Waals surface area (Å²) in [6.45, 7) is 0.386. The van der Waals surface area contributed by atoms with Crippen LogP contribution in [-0.4, -0.2) is 28.1 Å². The number of hydrogen-bond donors (Lipinski definition) is 2. The van der Waals surface area contributed by atoms with Gasteiger partial charge in [-0.2, -0.15) is 0 Å². The summed E-state index contributed by atoms with van der Waals surface area (Å²) in [7, 11) is -1.72. The van der Waals surface area contributed by atoms with Gasteiger partial charge in [-0.1, -0.05) is 18.2 Å². The highest BCUT2D eigenvalue weighted by atomic mass is 32.2. The smallest absolute Gasteiger partial charge is 0.341 e. The third-order valence-corrected chi connectivity index (χ3v) is 7.90. The second-order valence-corrected chi connectivity index (χ2v) is 10.7. The van der Waals surface area contributed by atoms with Crippen LogP contribution in [0.3, 0.4) is 0 Å². The monoisotopic (exact) mass is 478 g/mol. The van der Waals surface area contributed by atoms with Crippen LogP contribution >= 0.6 is 0 Å². The zero-order valence-corrected chi connectivity index (χ0v) is 20.2. The summed E-state index contributed by atoms with van der Waals surface area (Å²) < 4.78 is 16.9. The number of hydrogen-bond acceptors (Lipinski definition) is 3. The molecule has 4 rings (SSSR count). The average Bonchev–Trinajstić information content (AvgIpc) is 3.46. The molecule has 2 aromatic carbocycles. The van der Waals surface area contributed by atoms with Crippen LogP contribution in [0.1, 0.15) is 53.5 Å². The molecule has 0 saturated carbocycles. The summed E-state index contributed by atoms with van der Waals surface area (Å²) in [4.78, 5) is 26.7. The standard InChI is InChI=1S/C26H30N4O3S/c1-3-4-11-24(31)30(2)17-18-12-14-21(15-13-18)34(27,33)29-26(32)28-25-22-9-5-7-19(22)16-20-8-6-10-23(20)25/h1,12-16H,4-11,17H2,2H3,(H3,27,28,29,32,33). The second-order valence-electron chi connectivity index (χ2n) is 8.92. The number of anilines is 1. The fourth-order valence-electron chi connectivity index (χ4n) is 4.79. The number of carbonyl (C=O) groups excluding carboxylic acids is 2. The lowest BCUT2D eigenvalue weighted by molar-refractivity contribution is -0.130. The molecule has 2 aliphatic carbocycles. The minimum atomic E-state index is -3.42. The minimum absolute atomic E-state index is 0.0461. The van der Waals surface area contributed by atoms with Crippen LogP contribution in [0.5, 0.6) is 0 Å². The molecule has 2 aliphatic rings. The van der Waals surface area contributed by atoms with Crippen molar-refractivity contribution in [3.8, 4) is 12.3 Å². The van der Waals surface area contributed by atoms with E-state index in [1.165, 1.54) is 22.3 Å². The van der Waals surface area contributed by atoms with Crippen LogP contribution in [0.2, 0.25) is 0 Å². The number of rotatable bonds is 6. The number of fused-ring (bicyclic) bond motifs is 2. The van der Waals surface area contributed by atoms with Crippen LogP contribution in [0.25, 0.3) is 0 Å². The first kappa shape index (κ1) is 24.0. The Labute approximate surface area is 201 Å². The van der Waals surface area contributed by atoms with E-state index in [4.69, 9.17) is 11.6 Å². The van der Waals surface area contributed by atoms with Gasteiger partial charge >= 0.3 is 6.03 Å². The van der Waals surface area contributed by atoms with Crippen LogP contribution in [0, 0.1) is 12.3 Å². The number of nitrogens with two attached hydrogens (primary N) is 1. The van der Waals surface area contributed by atoms with Crippen LogP contribution in [0.4, 0.5) is 10.5 Å². The van der Waals surface area contributed by atoms with Gasteiger partial charge in [-0.15, -0.1) is 16.7 Å². The van der Waals surface area contributed by atoms with Gasteiger partial charge in [0.2, 0.25) is 5.91 Å².